The number of halogens is 2. The van der Waals surface area contributed by atoms with E-state index >= 15 is 0 Å². The van der Waals surface area contributed by atoms with Gasteiger partial charge in [-0.05, 0) is 45.8 Å². The molecule has 0 aromatic heterocycles. The average molecular weight is 292 g/mol. The van der Waals surface area contributed by atoms with Crippen LogP contribution < -0.4 is 0 Å². The van der Waals surface area contributed by atoms with Crippen molar-refractivity contribution in [1.82, 2.24) is 0 Å². The van der Waals surface area contributed by atoms with Crippen LogP contribution in [0.1, 0.15) is 0 Å². The van der Waals surface area contributed by atoms with Gasteiger partial charge in [0, 0.05) is 9.50 Å². The van der Waals surface area contributed by atoms with Crippen molar-refractivity contribution in [2.45, 2.75) is 0 Å². The summed E-state index contributed by atoms with van der Waals surface area (Å²) in [6, 6.07) is 16.6. The molecule has 0 heterocycles. The molecular weight excluding hydrogens is 284 g/mol. The molecular formula is C14H8BrCl. The van der Waals surface area contributed by atoms with Gasteiger partial charge in [-0.1, -0.05) is 51.8 Å². The molecule has 3 rings (SSSR count). The molecule has 0 atom stereocenters. The van der Waals surface area contributed by atoms with E-state index in [1.807, 2.05) is 12.1 Å². The molecule has 0 aliphatic carbocycles. The van der Waals surface area contributed by atoms with E-state index in [1.165, 1.54) is 21.5 Å². The second-order valence-corrected chi connectivity index (χ2v) is 5.15. The molecule has 0 bridgehead atoms. The summed E-state index contributed by atoms with van der Waals surface area (Å²) >= 11 is 9.55. The summed E-state index contributed by atoms with van der Waals surface area (Å²) in [6.45, 7) is 0. The van der Waals surface area contributed by atoms with Crippen LogP contribution in [0.15, 0.2) is 53.0 Å². The Morgan fingerprint density at radius 3 is 2.06 bits per heavy atom. The zero-order chi connectivity index (χ0) is 11.1. The lowest BCUT2D eigenvalue weighted by Crippen LogP contribution is -1.78. The fraction of sp³-hybridized carbons (Fsp3) is 0. The molecule has 0 N–H and O–H groups in total. The minimum Gasteiger partial charge on any atom is -0.0843 e. The van der Waals surface area contributed by atoms with Gasteiger partial charge < -0.3 is 0 Å². The number of rotatable bonds is 0. The predicted octanol–water partition coefficient (Wildman–Crippen LogP) is 5.41. The molecule has 0 fully saturated rings. The zero-order valence-electron chi connectivity index (χ0n) is 8.37. The summed E-state index contributed by atoms with van der Waals surface area (Å²) in [4.78, 5) is 0. The van der Waals surface area contributed by atoms with Crippen LogP contribution in [-0.4, -0.2) is 0 Å². The van der Waals surface area contributed by atoms with Crippen LogP contribution in [0.5, 0.6) is 0 Å². The number of hydrogen-bond acceptors (Lipinski definition) is 0. The lowest BCUT2D eigenvalue weighted by molar-refractivity contribution is 1.72. The van der Waals surface area contributed by atoms with Crippen molar-refractivity contribution < 1.29 is 0 Å². The first-order chi connectivity index (χ1) is 7.74. The summed E-state index contributed by atoms with van der Waals surface area (Å²) in [5, 5.41) is 5.66. The normalized spacial score (nSPS) is 11.1. The third-order valence-electron chi connectivity index (χ3n) is 2.76. The monoisotopic (exact) mass is 290 g/mol. The van der Waals surface area contributed by atoms with Crippen molar-refractivity contribution in [3.8, 4) is 0 Å². The van der Waals surface area contributed by atoms with Crippen molar-refractivity contribution in [1.29, 1.82) is 0 Å². The van der Waals surface area contributed by atoms with E-state index in [1.54, 1.807) is 0 Å². The van der Waals surface area contributed by atoms with Gasteiger partial charge in [0.05, 0.1) is 0 Å². The molecule has 0 aliphatic heterocycles. The standard InChI is InChI=1S/C14H8BrCl/c15-11-5-3-9-1-2-10-4-6-12(16)8-14(10)13(9)7-11/h1-8H. The van der Waals surface area contributed by atoms with Gasteiger partial charge in [-0.25, -0.2) is 0 Å². The van der Waals surface area contributed by atoms with Gasteiger partial charge in [-0.3, -0.25) is 0 Å². The quantitative estimate of drug-likeness (QED) is 0.486. The van der Waals surface area contributed by atoms with E-state index in [-0.39, 0.29) is 0 Å². The SMILES string of the molecule is Clc1ccc2ccc3ccc(Br)cc3c2c1. The highest BCUT2D eigenvalue weighted by Gasteiger charge is 2.01. The van der Waals surface area contributed by atoms with Crippen LogP contribution in [0, 0.1) is 0 Å². The highest BCUT2D eigenvalue weighted by molar-refractivity contribution is 9.10. The second kappa shape index (κ2) is 3.76. The predicted molar refractivity (Wildman–Crippen MR) is 74.2 cm³/mol. The number of benzene rings is 3. The van der Waals surface area contributed by atoms with Gasteiger partial charge >= 0.3 is 0 Å². The van der Waals surface area contributed by atoms with Gasteiger partial charge in [-0.2, -0.15) is 0 Å². The summed E-state index contributed by atoms with van der Waals surface area (Å²) < 4.78 is 1.09. The van der Waals surface area contributed by atoms with Gasteiger partial charge in [-0.15, -0.1) is 0 Å². The molecule has 0 amide bonds. The first kappa shape index (κ1) is 10.1. The van der Waals surface area contributed by atoms with Crippen LogP contribution in [0.3, 0.4) is 0 Å². The van der Waals surface area contributed by atoms with E-state index in [2.05, 4.69) is 52.3 Å². The Balaban J connectivity index is 2.55. The van der Waals surface area contributed by atoms with E-state index in [9.17, 15) is 0 Å². The van der Waals surface area contributed by atoms with Crippen LogP contribution >= 0.6 is 27.5 Å². The Morgan fingerprint density at radius 1 is 0.750 bits per heavy atom. The van der Waals surface area contributed by atoms with Crippen LogP contribution in [-0.2, 0) is 0 Å². The van der Waals surface area contributed by atoms with Gasteiger partial charge in [0.1, 0.15) is 0 Å². The van der Waals surface area contributed by atoms with E-state index < -0.39 is 0 Å². The molecule has 0 spiro atoms. The minimum atomic E-state index is 0.778. The molecule has 0 unspecified atom stereocenters. The highest BCUT2D eigenvalue weighted by Crippen LogP contribution is 2.29. The summed E-state index contributed by atoms with van der Waals surface area (Å²) in [5.41, 5.74) is 0. The van der Waals surface area contributed by atoms with Crippen molar-refractivity contribution in [3.05, 3.63) is 58.0 Å². The van der Waals surface area contributed by atoms with Gasteiger partial charge in [0.25, 0.3) is 0 Å². The van der Waals surface area contributed by atoms with Crippen molar-refractivity contribution in [2.24, 2.45) is 0 Å². The average Bonchev–Trinajstić information content (AvgIpc) is 2.29. The maximum Gasteiger partial charge on any atom is 0.0412 e. The Morgan fingerprint density at radius 2 is 1.31 bits per heavy atom. The summed E-state index contributed by atoms with van der Waals surface area (Å²) in [7, 11) is 0. The van der Waals surface area contributed by atoms with Gasteiger partial charge in [0.15, 0.2) is 0 Å². The topological polar surface area (TPSA) is 0 Å². The smallest absolute Gasteiger partial charge is 0.0412 e. The fourth-order valence-corrected chi connectivity index (χ4v) is 2.53. The Kier molecular flexibility index (Phi) is 2.38. The van der Waals surface area contributed by atoms with Crippen LogP contribution in [0.2, 0.25) is 5.02 Å². The molecule has 2 heteroatoms. The molecule has 78 valence electrons. The molecule has 0 saturated heterocycles. The van der Waals surface area contributed by atoms with E-state index in [0.717, 1.165) is 9.50 Å². The number of fused-ring (bicyclic) bond motifs is 3. The van der Waals surface area contributed by atoms with Gasteiger partial charge in [0.2, 0.25) is 0 Å². The van der Waals surface area contributed by atoms with E-state index in [4.69, 9.17) is 11.6 Å². The second-order valence-electron chi connectivity index (χ2n) is 3.80. The maximum absolute atomic E-state index is 6.05. The Bertz CT molecular complexity index is 628. The molecule has 3 aromatic rings. The first-order valence-electron chi connectivity index (χ1n) is 5.01. The molecule has 3 aromatic carbocycles. The molecule has 0 aliphatic rings. The molecule has 0 saturated carbocycles. The first-order valence-corrected chi connectivity index (χ1v) is 6.19. The Hall–Kier alpha value is -1.05. The highest BCUT2D eigenvalue weighted by atomic mass is 79.9. The minimum absolute atomic E-state index is 0.778. The summed E-state index contributed by atoms with van der Waals surface area (Å²) in [5.74, 6) is 0. The number of hydrogen-bond donors (Lipinski definition) is 0. The van der Waals surface area contributed by atoms with E-state index in [0.29, 0.717) is 0 Å². The summed E-state index contributed by atoms with van der Waals surface area (Å²) in [6.07, 6.45) is 0. The lowest BCUT2D eigenvalue weighted by atomic mass is 10.0. The zero-order valence-corrected chi connectivity index (χ0v) is 10.7. The maximum atomic E-state index is 6.05. The largest absolute Gasteiger partial charge is 0.0843 e. The lowest BCUT2D eigenvalue weighted by Gasteiger charge is -2.04. The fourth-order valence-electron chi connectivity index (χ4n) is 1.99. The third kappa shape index (κ3) is 1.60. The van der Waals surface area contributed by atoms with Crippen molar-refractivity contribution in [3.63, 3.8) is 0 Å². The molecule has 0 radical (unpaired) electrons. The van der Waals surface area contributed by atoms with Crippen molar-refractivity contribution >= 4 is 49.1 Å². The van der Waals surface area contributed by atoms with Crippen LogP contribution in [0.25, 0.3) is 21.5 Å². The van der Waals surface area contributed by atoms with Crippen LogP contribution in [0.4, 0.5) is 0 Å². The molecule has 16 heavy (non-hydrogen) atoms. The van der Waals surface area contributed by atoms with Crippen molar-refractivity contribution in [2.75, 3.05) is 0 Å². The molecule has 0 nitrogen and oxygen atoms in total. The Labute approximate surface area is 107 Å². The third-order valence-corrected chi connectivity index (χ3v) is 3.49.